The molecule has 0 radical (unpaired) electrons. The zero-order valence-electron chi connectivity index (χ0n) is 12.9. The number of non-ortho nitro benzene ring substituents is 1. The zero-order valence-corrected chi connectivity index (χ0v) is 12.9. The van der Waals surface area contributed by atoms with Crippen LogP contribution in [0.5, 0.6) is 0 Å². The van der Waals surface area contributed by atoms with Crippen LogP contribution in [0.3, 0.4) is 0 Å². The fraction of sp³-hybridized carbons (Fsp3) is 0.0588. The quantitative estimate of drug-likeness (QED) is 0.512. The molecule has 0 aliphatic heterocycles. The van der Waals surface area contributed by atoms with Crippen molar-refractivity contribution >= 4 is 23.6 Å². The predicted octanol–water partition coefficient (Wildman–Crippen LogP) is 2.38. The Bertz CT molecular complexity index is 798. The average molecular weight is 325 g/mol. The van der Waals surface area contributed by atoms with Gasteiger partial charge in [-0.3, -0.25) is 30.6 Å². The van der Waals surface area contributed by atoms with Crippen molar-refractivity contribution in [2.24, 2.45) is 0 Å². The fourth-order valence-corrected chi connectivity index (χ4v) is 1.85. The van der Waals surface area contributed by atoms with Crippen molar-refractivity contribution in [1.29, 1.82) is 0 Å². The summed E-state index contributed by atoms with van der Waals surface area (Å²) in [6.07, 6.45) is 2.59. The Morgan fingerprint density at radius 2 is 1.79 bits per heavy atom. The highest BCUT2D eigenvalue weighted by Crippen LogP contribution is 2.13. The number of nitrogens with zero attached hydrogens (tertiary/aromatic N) is 1. The van der Waals surface area contributed by atoms with Crippen LogP contribution in [-0.2, 0) is 4.79 Å². The highest BCUT2D eigenvalue weighted by molar-refractivity contribution is 5.97. The predicted molar refractivity (Wildman–Crippen MR) is 88.9 cm³/mol. The first kappa shape index (κ1) is 16.9. The van der Waals surface area contributed by atoms with Crippen LogP contribution < -0.4 is 10.9 Å². The largest absolute Gasteiger partial charge is 0.270 e. The van der Waals surface area contributed by atoms with E-state index in [2.05, 4.69) is 10.9 Å². The third-order valence-electron chi connectivity index (χ3n) is 3.12. The molecule has 7 nitrogen and oxygen atoms in total. The number of benzene rings is 2. The first-order chi connectivity index (χ1) is 11.5. The van der Waals surface area contributed by atoms with E-state index in [1.165, 1.54) is 30.4 Å². The van der Waals surface area contributed by atoms with Crippen LogP contribution in [0.2, 0.25) is 0 Å². The highest BCUT2D eigenvalue weighted by Gasteiger charge is 2.06. The maximum Gasteiger partial charge on any atom is 0.270 e. The first-order valence-electron chi connectivity index (χ1n) is 7.05. The Hall–Kier alpha value is -3.48. The molecule has 0 spiro atoms. The van der Waals surface area contributed by atoms with Crippen LogP contribution in [0.4, 0.5) is 5.69 Å². The van der Waals surface area contributed by atoms with Crippen molar-refractivity contribution in [3.63, 3.8) is 0 Å². The molecule has 122 valence electrons. The summed E-state index contributed by atoms with van der Waals surface area (Å²) in [7, 11) is 0. The maximum atomic E-state index is 11.8. The Morgan fingerprint density at radius 1 is 1.08 bits per heavy atom. The molecular weight excluding hydrogens is 310 g/mol. The second kappa shape index (κ2) is 7.68. The number of nitro groups is 1. The standard InChI is InChI=1S/C17H15N3O4/c1-12-5-8-14(9-6-12)17(22)19-18-16(21)10-7-13-3-2-4-15(11-13)20(23)24/h2-11H,1H3,(H,18,21)(H,19,22). The molecule has 24 heavy (non-hydrogen) atoms. The van der Waals surface area contributed by atoms with Crippen LogP contribution in [0, 0.1) is 17.0 Å². The molecule has 0 heterocycles. The molecule has 0 fully saturated rings. The van der Waals surface area contributed by atoms with Gasteiger partial charge in [0.25, 0.3) is 17.5 Å². The van der Waals surface area contributed by atoms with Gasteiger partial charge < -0.3 is 0 Å². The number of nitro benzene ring substituents is 1. The maximum absolute atomic E-state index is 11.8. The molecule has 0 bridgehead atoms. The molecule has 0 unspecified atom stereocenters. The van der Waals surface area contributed by atoms with Crippen molar-refractivity contribution in [2.45, 2.75) is 6.92 Å². The van der Waals surface area contributed by atoms with E-state index in [9.17, 15) is 19.7 Å². The molecular formula is C17H15N3O4. The minimum Gasteiger partial charge on any atom is -0.268 e. The van der Waals surface area contributed by atoms with Crippen molar-refractivity contribution < 1.29 is 14.5 Å². The number of aryl methyl sites for hydroxylation is 1. The second-order valence-electron chi connectivity index (χ2n) is 4.99. The van der Waals surface area contributed by atoms with Gasteiger partial charge in [0.05, 0.1) is 4.92 Å². The van der Waals surface area contributed by atoms with Crippen LogP contribution in [-0.4, -0.2) is 16.7 Å². The van der Waals surface area contributed by atoms with Gasteiger partial charge in [-0.2, -0.15) is 0 Å². The number of nitrogens with one attached hydrogen (secondary N) is 2. The Morgan fingerprint density at radius 3 is 2.46 bits per heavy atom. The van der Waals surface area contributed by atoms with Crippen LogP contribution in [0.1, 0.15) is 21.5 Å². The Kier molecular flexibility index (Phi) is 5.40. The topological polar surface area (TPSA) is 101 Å². The molecule has 2 N–H and O–H groups in total. The van der Waals surface area contributed by atoms with Gasteiger partial charge in [0, 0.05) is 23.8 Å². The van der Waals surface area contributed by atoms with Crippen LogP contribution in [0.15, 0.2) is 54.6 Å². The SMILES string of the molecule is Cc1ccc(C(=O)NNC(=O)C=Cc2cccc([N+](=O)[O-])c2)cc1. The zero-order chi connectivity index (χ0) is 17.5. The summed E-state index contributed by atoms with van der Waals surface area (Å²) < 4.78 is 0. The second-order valence-corrected chi connectivity index (χ2v) is 4.99. The number of carbonyl (C=O) groups is 2. The number of hydrogen-bond acceptors (Lipinski definition) is 4. The lowest BCUT2D eigenvalue weighted by atomic mass is 10.1. The molecule has 0 atom stereocenters. The lowest BCUT2D eigenvalue weighted by Crippen LogP contribution is -2.40. The van der Waals surface area contributed by atoms with E-state index in [1.807, 2.05) is 6.92 Å². The lowest BCUT2D eigenvalue weighted by Gasteiger charge is -2.05. The van der Waals surface area contributed by atoms with Crippen molar-refractivity contribution in [3.05, 3.63) is 81.4 Å². The van der Waals surface area contributed by atoms with E-state index in [0.717, 1.165) is 5.56 Å². The number of amides is 2. The molecule has 2 aromatic carbocycles. The molecule has 0 saturated heterocycles. The molecule has 2 amide bonds. The Balaban J connectivity index is 1.91. The van der Waals surface area contributed by atoms with E-state index < -0.39 is 16.7 Å². The summed E-state index contributed by atoms with van der Waals surface area (Å²) in [6, 6.07) is 12.7. The molecule has 7 heteroatoms. The summed E-state index contributed by atoms with van der Waals surface area (Å²) in [5.74, 6) is -0.992. The van der Waals surface area contributed by atoms with Crippen molar-refractivity contribution in [3.8, 4) is 0 Å². The van der Waals surface area contributed by atoms with Gasteiger partial charge >= 0.3 is 0 Å². The average Bonchev–Trinajstić information content (AvgIpc) is 2.58. The van der Waals surface area contributed by atoms with Gasteiger partial charge in [-0.15, -0.1) is 0 Å². The summed E-state index contributed by atoms with van der Waals surface area (Å²) >= 11 is 0. The highest BCUT2D eigenvalue weighted by atomic mass is 16.6. The minimum absolute atomic E-state index is 0.0646. The summed E-state index contributed by atoms with van der Waals surface area (Å²) in [5, 5.41) is 10.7. The molecule has 2 aromatic rings. The molecule has 0 aromatic heterocycles. The fourth-order valence-electron chi connectivity index (χ4n) is 1.85. The first-order valence-corrected chi connectivity index (χ1v) is 7.05. The Labute approximate surface area is 138 Å². The normalized spacial score (nSPS) is 10.4. The van der Waals surface area contributed by atoms with Crippen LogP contribution >= 0.6 is 0 Å². The van der Waals surface area contributed by atoms with Gasteiger partial charge in [0.1, 0.15) is 0 Å². The lowest BCUT2D eigenvalue weighted by molar-refractivity contribution is -0.384. The molecule has 0 aliphatic carbocycles. The molecule has 2 rings (SSSR count). The number of carbonyl (C=O) groups excluding carboxylic acids is 2. The third kappa shape index (κ3) is 4.77. The smallest absolute Gasteiger partial charge is 0.268 e. The van der Waals surface area contributed by atoms with Gasteiger partial charge in [-0.05, 0) is 30.7 Å². The van der Waals surface area contributed by atoms with Gasteiger partial charge in [-0.1, -0.05) is 29.8 Å². The van der Waals surface area contributed by atoms with E-state index in [4.69, 9.17) is 0 Å². The van der Waals surface area contributed by atoms with Crippen molar-refractivity contribution in [2.75, 3.05) is 0 Å². The third-order valence-corrected chi connectivity index (χ3v) is 3.12. The molecule has 0 saturated carbocycles. The number of hydrazine groups is 1. The van der Waals surface area contributed by atoms with Gasteiger partial charge in [-0.25, -0.2) is 0 Å². The molecule has 0 aliphatic rings. The van der Waals surface area contributed by atoms with Gasteiger partial charge in [0.15, 0.2) is 0 Å². The van der Waals surface area contributed by atoms with E-state index in [0.29, 0.717) is 11.1 Å². The van der Waals surface area contributed by atoms with E-state index in [-0.39, 0.29) is 5.69 Å². The summed E-state index contributed by atoms with van der Waals surface area (Å²) in [6.45, 7) is 1.90. The minimum atomic E-state index is -0.554. The monoisotopic (exact) mass is 325 g/mol. The van der Waals surface area contributed by atoms with Gasteiger partial charge in [0.2, 0.25) is 0 Å². The number of hydrogen-bond donors (Lipinski definition) is 2. The number of rotatable bonds is 4. The van der Waals surface area contributed by atoms with Crippen LogP contribution in [0.25, 0.3) is 6.08 Å². The van der Waals surface area contributed by atoms with E-state index in [1.54, 1.807) is 30.3 Å². The van der Waals surface area contributed by atoms with Crippen molar-refractivity contribution in [1.82, 2.24) is 10.9 Å². The van der Waals surface area contributed by atoms with E-state index >= 15 is 0 Å². The summed E-state index contributed by atoms with van der Waals surface area (Å²) in [4.78, 5) is 33.7. The summed E-state index contributed by atoms with van der Waals surface area (Å²) in [5.41, 5.74) is 6.41.